The highest BCUT2D eigenvalue weighted by atomic mass is 16.6. The molecule has 98 valence electrons. The molecule has 0 radical (unpaired) electrons. The molecular weight excluding hydrogens is 238 g/mol. The van der Waals surface area contributed by atoms with Crippen LogP contribution in [0.15, 0.2) is 6.33 Å². The van der Waals surface area contributed by atoms with Crippen molar-refractivity contribution >= 4 is 17.3 Å². The Balaban J connectivity index is 2.39. The first kappa shape index (κ1) is 12.5. The van der Waals surface area contributed by atoms with E-state index in [0.717, 1.165) is 19.3 Å². The van der Waals surface area contributed by atoms with Gasteiger partial charge in [0.15, 0.2) is 0 Å². The molecule has 1 aliphatic carbocycles. The third-order valence-corrected chi connectivity index (χ3v) is 3.14. The molecule has 0 unspecified atom stereocenters. The van der Waals surface area contributed by atoms with E-state index in [9.17, 15) is 10.1 Å². The molecular formula is C10H15N5O3. The van der Waals surface area contributed by atoms with Crippen LogP contribution in [0.3, 0.4) is 0 Å². The van der Waals surface area contributed by atoms with Gasteiger partial charge in [-0.05, 0) is 19.3 Å². The highest BCUT2D eigenvalue weighted by Gasteiger charge is 2.32. The van der Waals surface area contributed by atoms with Gasteiger partial charge in [-0.15, -0.1) is 0 Å². The third kappa shape index (κ3) is 2.19. The molecule has 18 heavy (non-hydrogen) atoms. The number of nitrogens with two attached hydrogens (primary N) is 1. The van der Waals surface area contributed by atoms with Crippen LogP contribution in [0.4, 0.5) is 17.3 Å². The summed E-state index contributed by atoms with van der Waals surface area (Å²) < 4.78 is 0. The van der Waals surface area contributed by atoms with Gasteiger partial charge in [-0.25, -0.2) is 9.97 Å². The van der Waals surface area contributed by atoms with Crippen molar-refractivity contribution in [1.29, 1.82) is 0 Å². The normalized spacial score (nSPS) is 15.2. The fourth-order valence-corrected chi connectivity index (χ4v) is 2.04. The summed E-state index contributed by atoms with van der Waals surface area (Å²) in [4.78, 5) is 19.8. The van der Waals surface area contributed by atoms with Crippen LogP contribution in [0.1, 0.15) is 19.3 Å². The van der Waals surface area contributed by atoms with Gasteiger partial charge in [-0.1, -0.05) is 0 Å². The van der Waals surface area contributed by atoms with E-state index in [0.29, 0.717) is 6.54 Å². The second-order valence-electron chi connectivity index (χ2n) is 4.19. The van der Waals surface area contributed by atoms with Gasteiger partial charge >= 0.3 is 5.69 Å². The summed E-state index contributed by atoms with van der Waals surface area (Å²) in [6.07, 6.45) is 4.18. The molecule has 0 bridgehead atoms. The summed E-state index contributed by atoms with van der Waals surface area (Å²) >= 11 is 0. The summed E-state index contributed by atoms with van der Waals surface area (Å²) in [6, 6.07) is 0.185. The van der Waals surface area contributed by atoms with Crippen LogP contribution in [0.25, 0.3) is 0 Å². The van der Waals surface area contributed by atoms with Gasteiger partial charge < -0.3 is 15.7 Å². The number of anilines is 2. The van der Waals surface area contributed by atoms with E-state index in [4.69, 9.17) is 10.8 Å². The Morgan fingerprint density at radius 1 is 1.56 bits per heavy atom. The molecule has 3 N–H and O–H groups in total. The van der Waals surface area contributed by atoms with Crippen LogP contribution < -0.4 is 10.6 Å². The smallest absolute Gasteiger partial charge is 0.353 e. The van der Waals surface area contributed by atoms with Crippen molar-refractivity contribution in [1.82, 2.24) is 9.97 Å². The number of aromatic nitrogens is 2. The minimum atomic E-state index is -0.576. The summed E-state index contributed by atoms with van der Waals surface area (Å²) in [5.74, 6) is 0.0542. The topological polar surface area (TPSA) is 118 Å². The number of hydrogen-bond donors (Lipinski definition) is 2. The number of nitrogen functional groups attached to an aromatic ring is 1. The maximum Gasteiger partial charge on any atom is 0.353 e. The summed E-state index contributed by atoms with van der Waals surface area (Å²) in [6.45, 7) is 0.222. The first-order chi connectivity index (χ1) is 8.65. The summed E-state index contributed by atoms with van der Waals surface area (Å²) in [7, 11) is 0. The van der Waals surface area contributed by atoms with E-state index in [2.05, 4.69) is 9.97 Å². The molecule has 1 fully saturated rings. The molecule has 0 atom stereocenters. The number of aliphatic hydroxyl groups excluding tert-OH is 1. The average molecular weight is 253 g/mol. The van der Waals surface area contributed by atoms with Crippen LogP contribution in [0, 0.1) is 10.1 Å². The number of hydrogen-bond acceptors (Lipinski definition) is 7. The van der Waals surface area contributed by atoms with Crippen molar-refractivity contribution in [3.8, 4) is 0 Å². The lowest BCUT2D eigenvalue weighted by atomic mass is 9.91. The fraction of sp³-hybridized carbons (Fsp3) is 0.600. The zero-order chi connectivity index (χ0) is 13.1. The minimum absolute atomic E-state index is 0.0858. The van der Waals surface area contributed by atoms with Gasteiger partial charge in [0.2, 0.25) is 11.6 Å². The van der Waals surface area contributed by atoms with E-state index < -0.39 is 4.92 Å². The van der Waals surface area contributed by atoms with Gasteiger partial charge in [0.25, 0.3) is 0 Å². The fourth-order valence-electron chi connectivity index (χ4n) is 2.04. The van der Waals surface area contributed by atoms with Crippen LogP contribution in [-0.2, 0) is 0 Å². The maximum absolute atomic E-state index is 11.0. The SMILES string of the molecule is Nc1ncnc(N(CCO)C2CCC2)c1[N+](=O)[O-]. The van der Waals surface area contributed by atoms with Gasteiger partial charge in [0.05, 0.1) is 11.5 Å². The molecule has 1 heterocycles. The molecule has 0 amide bonds. The second-order valence-corrected chi connectivity index (χ2v) is 4.19. The average Bonchev–Trinajstić information content (AvgIpc) is 2.25. The van der Waals surface area contributed by atoms with Gasteiger partial charge in [-0.3, -0.25) is 10.1 Å². The lowest BCUT2D eigenvalue weighted by Crippen LogP contribution is -2.42. The van der Waals surface area contributed by atoms with Crippen molar-refractivity contribution < 1.29 is 10.0 Å². The van der Waals surface area contributed by atoms with Gasteiger partial charge in [-0.2, -0.15) is 0 Å². The monoisotopic (exact) mass is 253 g/mol. The van der Waals surface area contributed by atoms with E-state index in [1.807, 2.05) is 0 Å². The van der Waals surface area contributed by atoms with E-state index >= 15 is 0 Å². The van der Waals surface area contributed by atoms with Crippen LogP contribution in [0.2, 0.25) is 0 Å². The molecule has 0 saturated heterocycles. The molecule has 8 nitrogen and oxygen atoms in total. The highest BCUT2D eigenvalue weighted by Crippen LogP contribution is 2.35. The Bertz CT molecular complexity index is 449. The van der Waals surface area contributed by atoms with Crippen LogP contribution in [-0.4, -0.2) is 39.2 Å². The van der Waals surface area contributed by atoms with Crippen molar-refractivity contribution in [2.75, 3.05) is 23.8 Å². The van der Waals surface area contributed by atoms with Gasteiger partial charge in [0, 0.05) is 12.6 Å². The van der Waals surface area contributed by atoms with E-state index in [1.165, 1.54) is 6.33 Å². The number of aliphatic hydroxyl groups is 1. The quantitative estimate of drug-likeness (QED) is 0.572. The van der Waals surface area contributed by atoms with Crippen molar-refractivity contribution in [3.63, 3.8) is 0 Å². The predicted octanol–water partition coefficient (Wildman–Crippen LogP) is 0.318. The molecule has 1 aliphatic rings. The molecule has 1 aromatic rings. The molecule has 8 heteroatoms. The highest BCUT2D eigenvalue weighted by molar-refractivity contribution is 5.68. The zero-order valence-electron chi connectivity index (χ0n) is 9.82. The lowest BCUT2D eigenvalue weighted by Gasteiger charge is -2.37. The number of nitro groups is 1. The van der Waals surface area contributed by atoms with Crippen molar-refractivity contribution in [2.24, 2.45) is 0 Å². The van der Waals surface area contributed by atoms with Crippen LogP contribution in [0.5, 0.6) is 0 Å². The minimum Gasteiger partial charge on any atom is -0.395 e. The zero-order valence-corrected chi connectivity index (χ0v) is 9.82. The summed E-state index contributed by atoms with van der Waals surface area (Å²) in [5, 5.41) is 20.1. The van der Waals surface area contributed by atoms with Gasteiger partial charge in [0.1, 0.15) is 6.33 Å². The Hall–Kier alpha value is -1.96. The Morgan fingerprint density at radius 2 is 2.28 bits per heavy atom. The standard InChI is InChI=1S/C10H15N5O3/c11-9-8(15(17)18)10(13-6-12-9)14(4-5-16)7-2-1-3-7/h6-7,16H,1-5H2,(H2,11,12,13). The molecule has 1 saturated carbocycles. The van der Waals surface area contributed by atoms with Crippen LogP contribution >= 0.6 is 0 Å². The number of nitrogens with zero attached hydrogens (tertiary/aromatic N) is 4. The first-order valence-electron chi connectivity index (χ1n) is 5.77. The summed E-state index contributed by atoms with van der Waals surface area (Å²) in [5.41, 5.74) is 5.25. The Kier molecular flexibility index (Phi) is 3.56. The van der Waals surface area contributed by atoms with Crippen molar-refractivity contribution in [2.45, 2.75) is 25.3 Å². The first-order valence-corrected chi connectivity index (χ1v) is 5.77. The lowest BCUT2D eigenvalue weighted by molar-refractivity contribution is -0.383. The van der Waals surface area contributed by atoms with E-state index in [1.54, 1.807) is 4.90 Å². The Labute approximate surface area is 104 Å². The number of rotatable bonds is 5. The second kappa shape index (κ2) is 5.13. The molecule has 0 aliphatic heterocycles. The predicted molar refractivity (Wildman–Crippen MR) is 65.2 cm³/mol. The maximum atomic E-state index is 11.0. The van der Waals surface area contributed by atoms with E-state index in [-0.39, 0.29) is 30.0 Å². The Morgan fingerprint density at radius 3 is 2.78 bits per heavy atom. The molecule has 2 rings (SSSR count). The van der Waals surface area contributed by atoms with Crippen molar-refractivity contribution in [3.05, 3.63) is 16.4 Å². The molecule has 0 aromatic carbocycles. The molecule has 0 spiro atoms. The molecule has 1 aromatic heterocycles. The third-order valence-electron chi connectivity index (χ3n) is 3.14. The largest absolute Gasteiger partial charge is 0.395 e.